The zero-order chi connectivity index (χ0) is 14.1. The molecule has 5 nitrogen and oxygen atoms in total. The monoisotopic (exact) mass is 281 g/mol. The minimum Gasteiger partial charge on any atom is -0.355 e. The van der Waals surface area contributed by atoms with Gasteiger partial charge in [-0.2, -0.15) is 0 Å². The Morgan fingerprint density at radius 2 is 2.16 bits per heavy atom. The Kier molecular flexibility index (Phi) is 6.95. The predicted molar refractivity (Wildman–Crippen MR) is 75.9 cm³/mol. The molecule has 0 saturated heterocycles. The third-order valence-corrected chi connectivity index (χ3v) is 3.35. The first-order chi connectivity index (χ1) is 9.17. The molecular weight excluding hydrogens is 262 g/mol. The highest BCUT2D eigenvalue weighted by Crippen LogP contribution is 2.14. The topological polar surface area (TPSA) is 62.3 Å². The number of amides is 2. The molecule has 1 aromatic rings. The lowest BCUT2D eigenvalue weighted by molar-refractivity contribution is -0.133. The van der Waals surface area contributed by atoms with Gasteiger partial charge in [0.05, 0.1) is 17.3 Å². The van der Waals surface area contributed by atoms with Crippen molar-refractivity contribution in [3.63, 3.8) is 0 Å². The Morgan fingerprint density at radius 3 is 2.74 bits per heavy atom. The second-order valence-electron chi connectivity index (χ2n) is 3.82. The molecule has 1 heterocycles. The van der Waals surface area contributed by atoms with Gasteiger partial charge >= 0.3 is 0 Å². The highest BCUT2D eigenvalue weighted by atomic mass is 32.2. The molecule has 1 rings (SSSR count). The molecule has 0 aliphatic carbocycles. The van der Waals surface area contributed by atoms with E-state index in [1.54, 1.807) is 11.1 Å². The molecule has 0 unspecified atom stereocenters. The molecule has 6 heteroatoms. The van der Waals surface area contributed by atoms with Crippen LogP contribution in [-0.4, -0.2) is 47.1 Å². The molecule has 0 aliphatic rings. The van der Waals surface area contributed by atoms with Crippen LogP contribution in [0.1, 0.15) is 13.8 Å². The van der Waals surface area contributed by atoms with E-state index in [1.165, 1.54) is 11.8 Å². The summed E-state index contributed by atoms with van der Waals surface area (Å²) >= 11 is 1.38. The maximum absolute atomic E-state index is 12.0. The van der Waals surface area contributed by atoms with Gasteiger partial charge in [0.2, 0.25) is 11.8 Å². The van der Waals surface area contributed by atoms with E-state index in [2.05, 4.69) is 10.3 Å². The molecule has 0 aliphatic heterocycles. The summed E-state index contributed by atoms with van der Waals surface area (Å²) < 4.78 is 0. The number of nitrogens with one attached hydrogen (secondary N) is 1. The van der Waals surface area contributed by atoms with Crippen LogP contribution in [0, 0.1) is 0 Å². The number of likely N-dealkylation sites (N-methyl/N-ethyl adjacent to an activating group) is 2. The van der Waals surface area contributed by atoms with Gasteiger partial charge in [-0.15, -0.1) is 0 Å². The molecule has 104 valence electrons. The lowest BCUT2D eigenvalue weighted by Gasteiger charge is -2.19. The van der Waals surface area contributed by atoms with E-state index in [9.17, 15) is 9.59 Å². The van der Waals surface area contributed by atoms with Gasteiger partial charge in [-0.25, -0.2) is 4.98 Å². The SMILES string of the molecule is CCNC(=O)CN(CC)C(=O)CSc1ccccn1. The zero-order valence-corrected chi connectivity index (χ0v) is 12.1. The molecule has 1 aromatic heterocycles. The third-order valence-electron chi connectivity index (χ3n) is 2.42. The van der Waals surface area contributed by atoms with E-state index in [4.69, 9.17) is 0 Å². The van der Waals surface area contributed by atoms with Crippen molar-refractivity contribution in [3.8, 4) is 0 Å². The average Bonchev–Trinajstić information content (AvgIpc) is 2.43. The highest BCUT2D eigenvalue weighted by Gasteiger charge is 2.15. The van der Waals surface area contributed by atoms with Crippen molar-refractivity contribution >= 4 is 23.6 Å². The molecule has 2 amide bonds. The van der Waals surface area contributed by atoms with E-state index >= 15 is 0 Å². The molecule has 0 atom stereocenters. The van der Waals surface area contributed by atoms with E-state index in [0.717, 1.165) is 5.03 Å². The summed E-state index contributed by atoms with van der Waals surface area (Å²) in [5, 5.41) is 3.50. The maximum Gasteiger partial charge on any atom is 0.239 e. The van der Waals surface area contributed by atoms with Crippen LogP contribution in [0.3, 0.4) is 0 Å². The minimum absolute atomic E-state index is 0.0515. The van der Waals surface area contributed by atoms with Crippen LogP contribution in [0.4, 0.5) is 0 Å². The minimum atomic E-state index is -0.125. The van der Waals surface area contributed by atoms with Gasteiger partial charge in [0.25, 0.3) is 0 Å². The molecule has 1 N–H and O–H groups in total. The van der Waals surface area contributed by atoms with Crippen LogP contribution >= 0.6 is 11.8 Å². The quantitative estimate of drug-likeness (QED) is 0.762. The number of hydrogen-bond acceptors (Lipinski definition) is 4. The number of carbonyl (C=O) groups excluding carboxylic acids is 2. The molecule has 0 fully saturated rings. The summed E-state index contributed by atoms with van der Waals surface area (Å²) in [6, 6.07) is 5.57. The van der Waals surface area contributed by atoms with Gasteiger partial charge in [0, 0.05) is 19.3 Å². The fourth-order valence-electron chi connectivity index (χ4n) is 1.46. The summed E-state index contributed by atoms with van der Waals surface area (Å²) in [4.78, 5) is 29.1. The van der Waals surface area contributed by atoms with Crippen molar-refractivity contribution in [2.75, 3.05) is 25.4 Å². The van der Waals surface area contributed by atoms with Gasteiger partial charge in [0.15, 0.2) is 0 Å². The van der Waals surface area contributed by atoms with Crippen molar-refractivity contribution < 1.29 is 9.59 Å². The van der Waals surface area contributed by atoms with Crippen molar-refractivity contribution in [2.24, 2.45) is 0 Å². The smallest absolute Gasteiger partial charge is 0.239 e. The average molecular weight is 281 g/mol. The fourth-order valence-corrected chi connectivity index (χ4v) is 2.23. The van der Waals surface area contributed by atoms with E-state index in [-0.39, 0.29) is 18.4 Å². The van der Waals surface area contributed by atoms with Crippen LogP contribution in [0.2, 0.25) is 0 Å². The molecule has 0 aromatic carbocycles. The van der Waals surface area contributed by atoms with Gasteiger partial charge in [-0.3, -0.25) is 9.59 Å². The first-order valence-electron chi connectivity index (χ1n) is 6.25. The Hall–Kier alpha value is -1.56. The fraction of sp³-hybridized carbons (Fsp3) is 0.462. The summed E-state index contributed by atoms with van der Waals surface area (Å²) in [6.07, 6.45) is 1.69. The molecule has 0 radical (unpaired) electrons. The van der Waals surface area contributed by atoms with Crippen molar-refractivity contribution in [2.45, 2.75) is 18.9 Å². The molecular formula is C13H19N3O2S. The number of nitrogens with zero attached hydrogens (tertiary/aromatic N) is 2. The van der Waals surface area contributed by atoms with E-state index in [1.807, 2.05) is 32.0 Å². The predicted octanol–water partition coefficient (Wildman–Crippen LogP) is 1.16. The Bertz CT molecular complexity index is 412. The molecule has 19 heavy (non-hydrogen) atoms. The lowest BCUT2D eigenvalue weighted by atomic mass is 10.4. The van der Waals surface area contributed by atoms with Crippen molar-refractivity contribution in [1.29, 1.82) is 0 Å². The van der Waals surface area contributed by atoms with Gasteiger partial charge in [-0.1, -0.05) is 17.8 Å². The number of hydrogen-bond donors (Lipinski definition) is 1. The second kappa shape index (κ2) is 8.53. The van der Waals surface area contributed by atoms with Gasteiger partial charge in [-0.05, 0) is 26.0 Å². The Labute approximate surface area is 117 Å². The van der Waals surface area contributed by atoms with Crippen LogP contribution in [-0.2, 0) is 9.59 Å². The number of rotatable bonds is 7. The Balaban J connectivity index is 2.43. The van der Waals surface area contributed by atoms with Crippen LogP contribution in [0.25, 0.3) is 0 Å². The van der Waals surface area contributed by atoms with Crippen molar-refractivity contribution in [1.82, 2.24) is 15.2 Å². The first kappa shape index (κ1) is 15.5. The number of aromatic nitrogens is 1. The molecule has 0 bridgehead atoms. The standard InChI is InChI=1S/C13H19N3O2S/c1-3-14-11(17)9-16(4-2)13(18)10-19-12-7-5-6-8-15-12/h5-8H,3-4,9-10H2,1-2H3,(H,14,17). The summed E-state index contributed by atoms with van der Waals surface area (Å²) in [7, 11) is 0. The van der Waals surface area contributed by atoms with Gasteiger partial charge < -0.3 is 10.2 Å². The first-order valence-corrected chi connectivity index (χ1v) is 7.24. The maximum atomic E-state index is 12.0. The highest BCUT2D eigenvalue weighted by molar-refractivity contribution is 7.99. The normalized spacial score (nSPS) is 10.0. The summed E-state index contributed by atoms with van der Waals surface area (Å²) in [5.74, 6) is 0.120. The largest absolute Gasteiger partial charge is 0.355 e. The summed E-state index contributed by atoms with van der Waals surface area (Å²) in [6.45, 7) is 4.94. The van der Waals surface area contributed by atoms with Gasteiger partial charge in [0.1, 0.15) is 0 Å². The number of thioether (sulfide) groups is 1. The van der Waals surface area contributed by atoms with Crippen LogP contribution in [0.5, 0.6) is 0 Å². The van der Waals surface area contributed by atoms with E-state index in [0.29, 0.717) is 18.8 Å². The molecule has 0 saturated carbocycles. The Morgan fingerprint density at radius 1 is 1.37 bits per heavy atom. The lowest BCUT2D eigenvalue weighted by Crippen LogP contribution is -2.41. The van der Waals surface area contributed by atoms with Crippen LogP contribution in [0.15, 0.2) is 29.4 Å². The van der Waals surface area contributed by atoms with Crippen LogP contribution < -0.4 is 5.32 Å². The second-order valence-corrected chi connectivity index (χ2v) is 4.81. The molecule has 0 spiro atoms. The number of carbonyl (C=O) groups is 2. The zero-order valence-electron chi connectivity index (χ0n) is 11.3. The van der Waals surface area contributed by atoms with Crippen molar-refractivity contribution in [3.05, 3.63) is 24.4 Å². The van der Waals surface area contributed by atoms with E-state index < -0.39 is 0 Å². The summed E-state index contributed by atoms with van der Waals surface area (Å²) in [5.41, 5.74) is 0. The number of pyridine rings is 1. The third kappa shape index (κ3) is 5.74.